The first-order valence-corrected chi connectivity index (χ1v) is 6.73. The molecule has 17 heavy (non-hydrogen) atoms. The molecule has 0 saturated heterocycles. The van der Waals surface area contributed by atoms with Gasteiger partial charge in [-0.25, -0.2) is 9.97 Å². The minimum Gasteiger partial charge on any atom is -0.319 e. The Labute approximate surface area is 104 Å². The van der Waals surface area contributed by atoms with E-state index in [1.165, 1.54) is 17.7 Å². The second kappa shape index (κ2) is 5.58. The highest BCUT2D eigenvalue weighted by Crippen LogP contribution is 2.25. The van der Waals surface area contributed by atoms with Gasteiger partial charge in [-0.3, -0.25) is 0 Å². The maximum Gasteiger partial charge on any atom is 0.131 e. The van der Waals surface area contributed by atoms with Crippen LogP contribution in [-0.2, 0) is 12.8 Å². The molecule has 1 aliphatic carbocycles. The van der Waals surface area contributed by atoms with E-state index >= 15 is 0 Å². The molecule has 94 valence electrons. The lowest BCUT2D eigenvalue weighted by Crippen LogP contribution is -2.25. The summed E-state index contributed by atoms with van der Waals surface area (Å²) in [6, 6.07) is 0. The fourth-order valence-corrected chi connectivity index (χ4v) is 2.48. The largest absolute Gasteiger partial charge is 0.319 e. The third-order valence-electron chi connectivity index (χ3n) is 3.82. The maximum absolute atomic E-state index is 4.75. The topological polar surface area (TPSA) is 37.8 Å². The van der Waals surface area contributed by atoms with Gasteiger partial charge < -0.3 is 5.32 Å². The molecule has 0 amide bonds. The quantitative estimate of drug-likeness (QED) is 0.867. The highest BCUT2D eigenvalue weighted by atomic mass is 14.9. The molecule has 0 saturated carbocycles. The lowest BCUT2D eigenvalue weighted by molar-refractivity contribution is 0.432. The molecule has 0 spiro atoms. The van der Waals surface area contributed by atoms with Crippen LogP contribution in [0.4, 0.5) is 0 Å². The Kier molecular flexibility index (Phi) is 4.11. The number of aryl methyl sites for hydroxylation is 1. The van der Waals surface area contributed by atoms with Crippen LogP contribution in [0.25, 0.3) is 0 Å². The van der Waals surface area contributed by atoms with Crippen molar-refractivity contribution in [1.82, 2.24) is 15.3 Å². The lowest BCUT2D eigenvalue weighted by atomic mass is 9.87. The Morgan fingerprint density at radius 3 is 3.06 bits per heavy atom. The van der Waals surface area contributed by atoms with Gasteiger partial charge in [0.25, 0.3) is 0 Å². The van der Waals surface area contributed by atoms with Gasteiger partial charge in [0.1, 0.15) is 5.82 Å². The summed E-state index contributed by atoms with van der Waals surface area (Å²) in [7, 11) is 2.03. The summed E-state index contributed by atoms with van der Waals surface area (Å²) >= 11 is 0. The number of nitrogens with one attached hydrogen (secondary N) is 1. The van der Waals surface area contributed by atoms with Crippen LogP contribution in [0.15, 0.2) is 6.20 Å². The number of rotatable bonds is 4. The number of hydrogen-bond donors (Lipinski definition) is 1. The number of fused-ring (bicyclic) bond motifs is 1. The van der Waals surface area contributed by atoms with Crippen molar-refractivity contribution in [1.29, 1.82) is 0 Å². The van der Waals surface area contributed by atoms with Crippen LogP contribution < -0.4 is 5.32 Å². The van der Waals surface area contributed by atoms with Crippen LogP contribution >= 0.6 is 0 Å². The summed E-state index contributed by atoms with van der Waals surface area (Å²) in [5.74, 6) is 2.26. The van der Waals surface area contributed by atoms with E-state index < -0.39 is 0 Å². The molecular weight excluding hydrogens is 210 g/mol. The lowest BCUT2D eigenvalue weighted by Gasteiger charge is -2.24. The van der Waals surface area contributed by atoms with Crippen molar-refractivity contribution >= 4 is 0 Å². The monoisotopic (exact) mass is 233 g/mol. The first-order chi connectivity index (χ1) is 8.24. The molecule has 1 N–H and O–H groups in total. The van der Waals surface area contributed by atoms with Crippen molar-refractivity contribution in [3.05, 3.63) is 23.3 Å². The van der Waals surface area contributed by atoms with Gasteiger partial charge in [-0.1, -0.05) is 13.8 Å². The van der Waals surface area contributed by atoms with Gasteiger partial charge in [-0.05, 0) is 50.8 Å². The summed E-state index contributed by atoms with van der Waals surface area (Å²) < 4.78 is 0. The van der Waals surface area contributed by atoms with Crippen LogP contribution in [0.3, 0.4) is 0 Å². The Balaban J connectivity index is 2.14. The minimum atomic E-state index is 0.482. The molecular formula is C14H23N3. The highest BCUT2D eigenvalue weighted by molar-refractivity contribution is 5.22. The first-order valence-electron chi connectivity index (χ1n) is 6.73. The molecule has 0 aliphatic heterocycles. The minimum absolute atomic E-state index is 0.482. The predicted molar refractivity (Wildman–Crippen MR) is 70.2 cm³/mol. The smallest absolute Gasteiger partial charge is 0.131 e. The second-order valence-corrected chi connectivity index (χ2v) is 5.18. The molecule has 1 aromatic rings. The van der Waals surface area contributed by atoms with Crippen molar-refractivity contribution in [2.45, 2.75) is 45.4 Å². The zero-order chi connectivity index (χ0) is 12.3. The van der Waals surface area contributed by atoms with E-state index in [4.69, 9.17) is 4.98 Å². The van der Waals surface area contributed by atoms with Crippen molar-refractivity contribution in [3.8, 4) is 0 Å². The van der Waals surface area contributed by atoms with Gasteiger partial charge in [-0.2, -0.15) is 0 Å². The van der Waals surface area contributed by atoms with E-state index in [-0.39, 0.29) is 0 Å². The first kappa shape index (κ1) is 12.5. The van der Waals surface area contributed by atoms with E-state index in [9.17, 15) is 0 Å². The molecule has 1 aliphatic rings. The van der Waals surface area contributed by atoms with Crippen molar-refractivity contribution in [3.63, 3.8) is 0 Å². The Hall–Kier alpha value is -0.960. The number of hydrogen-bond acceptors (Lipinski definition) is 3. The molecule has 1 heterocycles. The van der Waals surface area contributed by atoms with Crippen molar-refractivity contribution in [2.75, 3.05) is 13.6 Å². The standard InChI is InChI=1S/C14H23N3/c1-4-10(2)14-16-9-12-7-11(8-15-3)5-6-13(12)17-14/h9-11,15H,4-8H2,1-3H3. The van der Waals surface area contributed by atoms with E-state index in [1.807, 2.05) is 7.05 Å². The number of nitrogens with zero attached hydrogens (tertiary/aromatic N) is 2. The molecule has 2 unspecified atom stereocenters. The summed E-state index contributed by atoms with van der Waals surface area (Å²) in [5.41, 5.74) is 2.66. The molecule has 3 nitrogen and oxygen atoms in total. The SMILES string of the molecule is CCC(C)c1ncc2c(n1)CCC(CNC)C2. The zero-order valence-electron chi connectivity index (χ0n) is 11.2. The Morgan fingerprint density at radius 2 is 2.35 bits per heavy atom. The molecule has 1 aromatic heterocycles. The zero-order valence-corrected chi connectivity index (χ0v) is 11.2. The molecule has 0 radical (unpaired) electrons. The van der Waals surface area contributed by atoms with Gasteiger partial charge in [0, 0.05) is 17.8 Å². The van der Waals surface area contributed by atoms with Crippen LogP contribution in [0.5, 0.6) is 0 Å². The second-order valence-electron chi connectivity index (χ2n) is 5.18. The molecule has 2 atom stereocenters. The highest BCUT2D eigenvalue weighted by Gasteiger charge is 2.20. The molecule has 3 heteroatoms. The summed E-state index contributed by atoms with van der Waals surface area (Å²) in [4.78, 5) is 9.27. The van der Waals surface area contributed by atoms with Gasteiger partial charge in [0.2, 0.25) is 0 Å². The van der Waals surface area contributed by atoms with E-state index in [1.54, 1.807) is 0 Å². The summed E-state index contributed by atoms with van der Waals surface area (Å²) in [6.07, 6.45) is 6.68. The van der Waals surface area contributed by atoms with Crippen LogP contribution in [0.2, 0.25) is 0 Å². The molecule has 0 aromatic carbocycles. The van der Waals surface area contributed by atoms with Gasteiger partial charge in [-0.15, -0.1) is 0 Å². The average molecular weight is 233 g/mol. The van der Waals surface area contributed by atoms with Crippen molar-refractivity contribution in [2.24, 2.45) is 5.92 Å². The van der Waals surface area contributed by atoms with Gasteiger partial charge in [0.15, 0.2) is 0 Å². The Morgan fingerprint density at radius 1 is 1.53 bits per heavy atom. The van der Waals surface area contributed by atoms with E-state index in [0.717, 1.165) is 37.5 Å². The summed E-state index contributed by atoms with van der Waals surface area (Å²) in [5, 5.41) is 3.27. The molecule has 0 fully saturated rings. The third kappa shape index (κ3) is 2.83. The fourth-order valence-electron chi connectivity index (χ4n) is 2.48. The normalized spacial score (nSPS) is 21.0. The average Bonchev–Trinajstić information content (AvgIpc) is 2.37. The van der Waals surface area contributed by atoms with Gasteiger partial charge >= 0.3 is 0 Å². The summed E-state index contributed by atoms with van der Waals surface area (Å²) in [6.45, 7) is 5.50. The van der Waals surface area contributed by atoms with Crippen molar-refractivity contribution < 1.29 is 0 Å². The van der Waals surface area contributed by atoms with Crippen LogP contribution in [0, 0.1) is 5.92 Å². The Bertz CT molecular complexity index is 376. The third-order valence-corrected chi connectivity index (χ3v) is 3.82. The molecule has 2 rings (SSSR count). The van der Waals surface area contributed by atoms with Gasteiger partial charge in [0.05, 0.1) is 0 Å². The number of aromatic nitrogens is 2. The van der Waals surface area contributed by atoms with Crippen LogP contribution in [-0.4, -0.2) is 23.6 Å². The fraction of sp³-hybridized carbons (Fsp3) is 0.714. The van der Waals surface area contributed by atoms with E-state index in [0.29, 0.717) is 5.92 Å². The van der Waals surface area contributed by atoms with E-state index in [2.05, 4.69) is 30.3 Å². The van der Waals surface area contributed by atoms with Crippen LogP contribution in [0.1, 0.15) is 49.7 Å². The molecule has 0 bridgehead atoms. The maximum atomic E-state index is 4.75. The predicted octanol–water partition coefficient (Wildman–Crippen LogP) is 2.31.